The van der Waals surface area contributed by atoms with Crippen LogP contribution >= 0.6 is 0 Å². The smallest absolute Gasteiger partial charge is 0.423 e. The molecule has 0 aromatic heterocycles. The Kier molecular flexibility index (Phi) is 3.94. The van der Waals surface area contributed by atoms with Gasteiger partial charge in [0.25, 0.3) is 0 Å². The lowest BCUT2D eigenvalue weighted by Crippen LogP contribution is -2.31. The van der Waals surface area contributed by atoms with Crippen LogP contribution in [0.5, 0.6) is 0 Å². The van der Waals surface area contributed by atoms with E-state index in [-0.39, 0.29) is 0 Å². The Morgan fingerprint density at radius 1 is 0.536 bits per heavy atom. The molecule has 0 aliphatic heterocycles. The minimum atomic E-state index is -1.49. The lowest BCUT2D eigenvalue weighted by atomic mass is 9.67. The highest BCUT2D eigenvalue weighted by Gasteiger charge is 2.46. The standard InChI is InChI=1S/C25H19BO2/c27-26(28)20-15-16-24-22(17-20)21-13-7-8-14-23(21)25(24,18-9-3-1-4-10-18)19-11-5-2-6-12-19/h1-17,27-28H. The van der Waals surface area contributed by atoms with Crippen LogP contribution in [-0.4, -0.2) is 17.2 Å². The van der Waals surface area contributed by atoms with Crippen molar-refractivity contribution in [3.63, 3.8) is 0 Å². The Balaban J connectivity index is 1.94. The largest absolute Gasteiger partial charge is 0.488 e. The summed E-state index contributed by atoms with van der Waals surface area (Å²) in [6.45, 7) is 0. The summed E-state index contributed by atoms with van der Waals surface area (Å²) < 4.78 is 0. The molecule has 0 heterocycles. The third-order valence-corrected chi connectivity index (χ3v) is 5.78. The van der Waals surface area contributed by atoms with Crippen LogP contribution < -0.4 is 5.46 Å². The molecule has 134 valence electrons. The fourth-order valence-corrected chi connectivity index (χ4v) is 4.63. The van der Waals surface area contributed by atoms with Gasteiger partial charge in [-0.05, 0) is 38.8 Å². The molecular weight excluding hydrogens is 343 g/mol. The molecule has 0 bridgehead atoms. The van der Waals surface area contributed by atoms with Crippen molar-refractivity contribution < 1.29 is 10.0 Å². The van der Waals surface area contributed by atoms with Crippen LogP contribution in [0.3, 0.4) is 0 Å². The predicted octanol–water partition coefficient (Wildman–Crippen LogP) is 3.73. The average molecular weight is 362 g/mol. The highest BCUT2D eigenvalue weighted by molar-refractivity contribution is 6.58. The second kappa shape index (κ2) is 6.48. The zero-order valence-corrected chi connectivity index (χ0v) is 15.3. The van der Waals surface area contributed by atoms with Gasteiger partial charge in [0.15, 0.2) is 0 Å². The van der Waals surface area contributed by atoms with Gasteiger partial charge in [-0.25, -0.2) is 0 Å². The monoisotopic (exact) mass is 362 g/mol. The summed E-state index contributed by atoms with van der Waals surface area (Å²) in [7, 11) is -1.49. The second-order valence-corrected chi connectivity index (χ2v) is 7.21. The maximum Gasteiger partial charge on any atom is 0.488 e. The van der Waals surface area contributed by atoms with Crippen molar-refractivity contribution in [3.8, 4) is 11.1 Å². The van der Waals surface area contributed by atoms with Crippen molar-refractivity contribution in [2.75, 3.05) is 0 Å². The summed E-state index contributed by atoms with van der Waals surface area (Å²) >= 11 is 0. The molecule has 0 spiro atoms. The third-order valence-electron chi connectivity index (χ3n) is 5.78. The minimum Gasteiger partial charge on any atom is -0.423 e. The molecule has 0 saturated carbocycles. The first-order chi connectivity index (χ1) is 13.7. The van der Waals surface area contributed by atoms with E-state index >= 15 is 0 Å². The molecule has 0 atom stereocenters. The number of hydrogen-bond donors (Lipinski definition) is 2. The van der Waals surface area contributed by atoms with Gasteiger partial charge in [-0.1, -0.05) is 103 Å². The maximum atomic E-state index is 9.72. The molecule has 4 aromatic rings. The molecule has 0 fully saturated rings. The summed E-state index contributed by atoms with van der Waals surface area (Å²) in [5.41, 5.74) is 7.02. The molecule has 2 nitrogen and oxygen atoms in total. The van der Waals surface area contributed by atoms with Crippen LogP contribution in [0.15, 0.2) is 103 Å². The lowest BCUT2D eigenvalue weighted by Gasteiger charge is -2.33. The van der Waals surface area contributed by atoms with E-state index in [0.29, 0.717) is 5.46 Å². The molecule has 3 heteroatoms. The van der Waals surface area contributed by atoms with Gasteiger partial charge in [-0.2, -0.15) is 0 Å². The first-order valence-corrected chi connectivity index (χ1v) is 9.44. The van der Waals surface area contributed by atoms with E-state index in [1.54, 1.807) is 0 Å². The summed E-state index contributed by atoms with van der Waals surface area (Å²) in [6.07, 6.45) is 0. The van der Waals surface area contributed by atoms with Gasteiger partial charge >= 0.3 is 7.12 Å². The zero-order chi connectivity index (χ0) is 19.1. The van der Waals surface area contributed by atoms with Gasteiger partial charge in [0.1, 0.15) is 0 Å². The van der Waals surface area contributed by atoms with Gasteiger partial charge in [-0.15, -0.1) is 0 Å². The summed E-state index contributed by atoms with van der Waals surface area (Å²) in [5.74, 6) is 0. The van der Waals surface area contributed by atoms with Gasteiger partial charge in [-0.3, -0.25) is 0 Å². The van der Waals surface area contributed by atoms with E-state index in [2.05, 4.69) is 66.7 Å². The summed E-state index contributed by atoms with van der Waals surface area (Å²) in [6, 6.07) is 35.3. The highest BCUT2D eigenvalue weighted by Crippen LogP contribution is 2.55. The SMILES string of the molecule is OB(O)c1ccc2c(c1)-c1ccccc1C2(c1ccccc1)c1ccccc1. The lowest BCUT2D eigenvalue weighted by molar-refractivity contribution is 0.426. The second-order valence-electron chi connectivity index (χ2n) is 7.21. The van der Waals surface area contributed by atoms with Crippen molar-refractivity contribution in [1.82, 2.24) is 0 Å². The van der Waals surface area contributed by atoms with Crippen LogP contribution in [0.4, 0.5) is 0 Å². The molecule has 0 saturated heterocycles. The molecule has 1 aliphatic rings. The number of rotatable bonds is 3. The van der Waals surface area contributed by atoms with Crippen molar-refractivity contribution in [3.05, 3.63) is 125 Å². The van der Waals surface area contributed by atoms with Gasteiger partial charge in [0.2, 0.25) is 0 Å². The van der Waals surface area contributed by atoms with Gasteiger partial charge in [0, 0.05) is 0 Å². The third kappa shape index (κ3) is 2.30. The van der Waals surface area contributed by atoms with Crippen molar-refractivity contribution in [1.29, 1.82) is 0 Å². The normalized spacial score (nSPS) is 13.6. The van der Waals surface area contributed by atoms with E-state index in [4.69, 9.17) is 0 Å². The molecule has 0 amide bonds. The minimum absolute atomic E-state index is 0.437. The van der Waals surface area contributed by atoms with Crippen molar-refractivity contribution in [2.45, 2.75) is 5.41 Å². The van der Waals surface area contributed by atoms with E-state index in [9.17, 15) is 10.0 Å². The molecule has 0 radical (unpaired) electrons. The van der Waals surface area contributed by atoms with Crippen LogP contribution in [0.1, 0.15) is 22.3 Å². The number of benzene rings is 4. The van der Waals surface area contributed by atoms with E-state index in [1.807, 2.05) is 36.4 Å². The molecule has 0 unspecified atom stereocenters. The maximum absolute atomic E-state index is 9.72. The Labute approximate surface area is 164 Å². The Hall–Kier alpha value is -3.14. The summed E-state index contributed by atoms with van der Waals surface area (Å²) in [4.78, 5) is 0. The summed E-state index contributed by atoms with van der Waals surface area (Å²) in [5, 5.41) is 19.4. The fraction of sp³-hybridized carbons (Fsp3) is 0.0400. The van der Waals surface area contributed by atoms with Crippen molar-refractivity contribution in [2.24, 2.45) is 0 Å². The number of hydrogen-bond acceptors (Lipinski definition) is 2. The van der Waals surface area contributed by atoms with E-state index < -0.39 is 12.5 Å². The average Bonchev–Trinajstić information content (AvgIpc) is 3.06. The Morgan fingerprint density at radius 2 is 1.07 bits per heavy atom. The topological polar surface area (TPSA) is 40.5 Å². The van der Waals surface area contributed by atoms with Crippen molar-refractivity contribution >= 4 is 12.6 Å². The molecule has 28 heavy (non-hydrogen) atoms. The highest BCUT2D eigenvalue weighted by atomic mass is 16.4. The Bertz CT molecular complexity index is 1100. The van der Waals surface area contributed by atoms with E-state index in [0.717, 1.165) is 16.7 Å². The van der Waals surface area contributed by atoms with Crippen LogP contribution in [0.25, 0.3) is 11.1 Å². The molecule has 1 aliphatic carbocycles. The molecule has 4 aromatic carbocycles. The van der Waals surface area contributed by atoms with Crippen LogP contribution in [0, 0.1) is 0 Å². The molecule has 5 rings (SSSR count). The number of fused-ring (bicyclic) bond motifs is 3. The quantitative estimate of drug-likeness (QED) is 0.480. The fourth-order valence-electron chi connectivity index (χ4n) is 4.63. The van der Waals surface area contributed by atoms with Gasteiger partial charge < -0.3 is 10.0 Å². The van der Waals surface area contributed by atoms with Crippen LogP contribution in [0.2, 0.25) is 0 Å². The van der Waals surface area contributed by atoms with Gasteiger partial charge in [0.05, 0.1) is 5.41 Å². The molecular formula is C25H19BO2. The Morgan fingerprint density at radius 3 is 1.68 bits per heavy atom. The van der Waals surface area contributed by atoms with Crippen LogP contribution in [-0.2, 0) is 5.41 Å². The molecule has 2 N–H and O–H groups in total. The zero-order valence-electron chi connectivity index (χ0n) is 15.3. The predicted molar refractivity (Wildman–Crippen MR) is 114 cm³/mol. The first kappa shape index (κ1) is 17.0. The van der Waals surface area contributed by atoms with E-state index in [1.165, 1.54) is 16.7 Å². The first-order valence-electron chi connectivity index (χ1n) is 9.44.